The molecule has 0 heterocycles. The average Bonchev–Trinajstić information content (AvgIpc) is 2.84. The van der Waals surface area contributed by atoms with Crippen LogP contribution in [0.5, 0.6) is 5.75 Å². The third-order valence-corrected chi connectivity index (χ3v) is 7.12. The molecule has 0 aliphatic carbocycles. The molecule has 1 atom stereocenters. The summed E-state index contributed by atoms with van der Waals surface area (Å²) in [5, 5.41) is 2.90. The van der Waals surface area contributed by atoms with E-state index in [0.29, 0.717) is 24.4 Å². The zero-order chi connectivity index (χ0) is 26.7. The van der Waals surface area contributed by atoms with E-state index in [1.165, 1.54) is 4.31 Å². The van der Waals surface area contributed by atoms with Crippen molar-refractivity contribution < 1.29 is 22.7 Å². The lowest BCUT2D eigenvalue weighted by atomic mass is 10.1. The summed E-state index contributed by atoms with van der Waals surface area (Å²) >= 11 is 0. The van der Waals surface area contributed by atoms with Crippen molar-refractivity contribution in [3.63, 3.8) is 0 Å². The van der Waals surface area contributed by atoms with Crippen LogP contribution in [0.25, 0.3) is 0 Å². The third kappa shape index (κ3) is 8.86. The Kier molecular flexibility index (Phi) is 11.2. The number of carbonyl (C=O) groups excluding carboxylic acids is 2. The van der Waals surface area contributed by atoms with Gasteiger partial charge in [-0.25, -0.2) is 8.42 Å². The molecule has 0 spiro atoms. The van der Waals surface area contributed by atoms with Gasteiger partial charge in [0.2, 0.25) is 21.8 Å². The molecule has 0 aliphatic heterocycles. The van der Waals surface area contributed by atoms with E-state index in [1.807, 2.05) is 50.2 Å². The maximum absolute atomic E-state index is 13.3. The summed E-state index contributed by atoms with van der Waals surface area (Å²) in [5.74, 6) is 0.243. The van der Waals surface area contributed by atoms with Crippen LogP contribution in [0.1, 0.15) is 50.7 Å². The number of anilines is 1. The van der Waals surface area contributed by atoms with E-state index in [1.54, 1.807) is 31.1 Å². The largest absolute Gasteiger partial charge is 0.497 e. The Morgan fingerprint density at radius 1 is 1.08 bits per heavy atom. The molecule has 1 N–H and O–H groups in total. The molecule has 0 saturated carbocycles. The van der Waals surface area contributed by atoms with Gasteiger partial charge in [0.1, 0.15) is 11.8 Å². The highest BCUT2D eigenvalue weighted by Crippen LogP contribution is 2.21. The first-order chi connectivity index (χ1) is 17.1. The number of nitrogens with one attached hydrogen (secondary N) is 1. The number of aryl methyl sites for hydroxylation is 1. The molecule has 0 bridgehead atoms. The molecule has 0 aliphatic rings. The summed E-state index contributed by atoms with van der Waals surface area (Å²) in [7, 11) is -1.94. The van der Waals surface area contributed by atoms with Crippen molar-refractivity contribution in [2.75, 3.05) is 30.8 Å². The normalized spacial score (nSPS) is 12.0. The predicted octanol–water partition coefficient (Wildman–Crippen LogP) is 3.88. The monoisotopic (exact) mass is 517 g/mol. The average molecular weight is 518 g/mol. The van der Waals surface area contributed by atoms with E-state index >= 15 is 0 Å². The Morgan fingerprint density at radius 3 is 2.44 bits per heavy atom. The van der Waals surface area contributed by atoms with Gasteiger partial charge in [0.25, 0.3) is 0 Å². The Labute approximate surface area is 215 Å². The van der Waals surface area contributed by atoms with Gasteiger partial charge in [-0.2, -0.15) is 0 Å². The van der Waals surface area contributed by atoms with Crippen molar-refractivity contribution in [3.8, 4) is 5.75 Å². The summed E-state index contributed by atoms with van der Waals surface area (Å²) in [6.45, 7) is 6.63. The van der Waals surface area contributed by atoms with Gasteiger partial charge in [-0.05, 0) is 62.1 Å². The van der Waals surface area contributed by atoms with Gasteiger partial charge < -0.3 is 15.0 Å². The van der Waals surface area contributed by atoms with Crippen LogP contribution in [0.4, 0.5) is 5.69 Å². The summed E-state index contributed by atoms with van der Waals surface area (Å²) in [6.07, 6.45) is 3.41. The van der Waals surface area contributed by atoms with Crippen LogP contribution in [-0.2, 0) is 26.2 Å². The summed E-state index contributed by atoms with van der Waals surface area (Å²) in [4.78, 5) is 27.7. The van der Waals surface area contributed by atoms with E-state index in [9.17, 15) is 18.0 Å². The Morgan fingerprint density at radius 2 is 1.81 bits per heavy atom. The Balaban J connectivity index is 2.16. The van der Waals surface area contributed by atoms with Crippen LogP contribution >= 0.6 is 0 Å². The first-order valence-electron chi connectivity index (χ1n) is 12.3. The van der Waals surface area contributed by atoms with E-state index in [0.717, 1.165) is 30.2 Å². The summed E-state index contributed by atoms with van der Waals surface area (Å²) in [5.41, 5.74) is 2.36. The zero-order valence-electron chi connectivity index (χ0n) is 22.0. The molecule has 2 amide bonds. The number of amides is 2. The van der Waals surface area contributed by atoms with Crippen LogP contribution in [-0.4, -0.2) is 57.6 Å². The van der Waals surface area contributed by atoms with Gasteiger partial charge in [-0.3, -0.25) is 13.9 Å². The zero-order valence-corrected chi connectivity index (χ0v) is 22.8. The van der Waals surface area contributed by atoms with E-state index in [-0.39, 0.29) is 31.3 Å². The number of methoxy groups -OCH3 is 1. The molecule has 0 unspecified atom stereocenters. The molecule has 2 aromatic carbocycles. The van der Waals surface area contributed by atoms with Crippen molar-refractivity contribution >= 4 is 27.5 Å². The SMILES string of the molecule is CCCCNC(=O)[C@H](C)N(Cc1cccc(OC)c1)C(=O)CCCN(c1cccc(C)c1)S(C)(=O)=O. The molecule has 9 heteroatoms. The number of nitrogens with zero attached hydrogens (tertiary/aromatic N) is 2. The molecule has 0 fully saturated rings. The van der Waals surface area contributed by atoms with Crippen LogP contribution in [0, 0.1) is 6.92 Å². The summed E-state index contributed by atoms with van der Waals surface area (Å²) < 4.78 is 31.5. The highest BCUT2D eigenvalue weighted by atomic mass is 32.2. The number of hydrogen-bond acceptors (Lipinski definition) is 5. The molecule has 2 rings (SSSR count). The van der Waals surface area contributed by atoms with Crippen LogP contribution in [0.3, 0.4) is 0 Å². The van der Waals surface area contributed by atoms with Gasteiger partial charge in [-0.1, -0.05) is 37.6 Å². The van der Waals surface area contributed by atoms with Crippen molar-refractivity contribution in [1.82, 2.24) is 10.2 Å². The second-order valence-electron chi connectivity index (χ2n) is 8.97. The molecule has 198 valence electrons. The minimum Gasteiger partial charge on any atom is -0.497 e. The van der Waals surface area contributed by atoms with Gasteiger partial charge in [-0.15, -0.1) is 0 Å². The molecule has 8 nitrogen and oxygen atoms in total. The maximum atomic E-state index is 13.3. The molecule has 36 heavy (non-hydrogen) atoms. The highest BCUT2D eigenvalue weighted by Gasteiger charge is 2.26. The van der Waals surface area contributed by atoms with Crippen molar-refractivity contribution in [3.05, 3.63) is 59.7 Å². The highest BCUT2D eigenvalue weighted by molar-refractivity contribution is 7.92. The van der Waals surface area contributed by atoms with Gasteiger partial charge >= 0.3 is 0 Å². The Bertz CT molecular complexity index is 1120. The van der Waals surface area contributed by atoms with Gasteiger partial charge in [0, 0.05) is 26.1 Å². The predicted molar refractivity (Wildman–Crippen MR) is 144 cm³/mol. The first kappa shape index (κ1) is 29.2. The van der Waals surface area contributed by atoms with E-state index in [2.05, 4.69) is 5.32 Å². The molecule has 2 aromatic rings. The molecule has 0 aromatic heterocycles. The number of ether oxygens (including phenoxy) is 1. The number of sulfonamides is 1. The number of carbonyl (C=O) groups is 2. The second kappa shape index (κ2) is 13.9. The van der Waals surface area contributed by atoms with E-state index < -0.39 is 16.1 Å². The van der Waals surface area contributed by atoms with Crippen molar-refractivity contribution in [1.29, 1.82) is 0 Å². The fraction of sp³-hybridized carbons (Fsp3) is 0.481. The first-order valence-corrected chi connectivity index (χ1v) is 14.2. The fourth-order valence-corrected chi connectivity index (χ4v) is 4.83. The third-order valence-electron chi connectivity index (χ3n) is 5.93. The Hall–Kier alpha value is -3.07. The second-order valence-corrected chi connectivity index (χ2v) is 10.9. The number of benzene rings is 2. The number of unbranched alkanes of at least 4 members (excludes halogenated alkanes) is 1. The molecule has 0 saturated heterocycles. The number of rotatable bonds is 14. The molecule has 0 radical (unpaired) electrons. The standard InChI is InChI=1S/C27H39N3O5S/c1-6-7-16-28-27(32)22(3)29(20-23-12-9-14-25(19-23)35-4)26(31)15-10-17-30(36(5,33)34)24-13-8-11-21(2)18-24/h8-9,11-14,18-19,22H,6-7,10,15-17,20H2,1-5H3,(H,28,32)/t22-/m0/s1. The van der Waals surface area contributed by atoms with Crippen LogP contribution < -0.4 is 14.4 Å². The fourth-order valence-electron chi connectivity index (χ4n) is 3.87. The van der Waals surface area contributed by atoms with Crippen LogP contribution in [0.2, 0.25) is 0 Å². The van der Waals surface area contributed by atoms with Crippen molar-refractivity contribution in [2.24, 2.45) is 0 Å². The van der Waals surface area contributed by atoms with Crippen LogP contribution in [0.15, 0.2) is 48.5 Å². The smallest absolute Gasteiger partial charge is 0.242 e. The lowest BCUT2D eigenvalue weighted by Crippen LogP contribution is -2.48. The van der Waals surface area contributed by atoms with Crippen molar-refractivity contribution in [2.45, 2.75) is 59.0 Å². The minimum atomic E-state index is -3.52. The number of hydrogen-bond donors (Lipinski definition) is 1. The lowest BCUT2D eigenvalue weighted by Gasteiger charge is -2.29. The summed E-state index contributed by atoms with van der Waals surface area (Å²) in [6, 6.07) is 14.0. The molecular formula is C27H39N3O5S. The topological polar surface area (TPSA) is 96.0 Å². The molecular weight excluding hydrogens is 478 g/mol. The van der Waals surface area contributed by atoms with Gasteiger partial charge in [0.05, 0.1) is 19.1 Å². The minimum absolute atomic E-state index is 0.106. The maximum Gasteiger partial charge on any atom is 0.242 e. The van der Waals surface area contributed by atoms with Gasteiger partial charge in [0.15, 0.2) is 0 Å². The van der Waals surface area contributed by atoms with E-state index in [4.69, 9.17) is 4.74 Å². The quantitative estimate of drug-likeness (QED) is 0.384. The lowest BCUT2D eigenvalue weighted by molar-refractivity contribution is -0.140.